The number of nitrogens with two attached hydrogens (primary N) is 1. The highest BCUT2D eigenvalue weighted by atomic mass is 16.5. The first-order valence-corrected chi connectivity index (χ1v) is 13.1. The lowest BCUT2D eigenvalue weighted by Crippen LogP contribution is -2.61. The van der Waals surface area contributed by atoms with E-state index in [9.17, 15) is 19.6 Å². The van der Waals surface area contributed by atoms with E-state index < -0.39 is 29.2 Å². The lowest BCUT2D eigenvalue weighted by Gasteiger charge is -2.43. The summed E-state index contributed by atoms with van der Waals surface area (Å²) in [6.07, 6.45) is 7.05. The van der Waals surface area contributed by atoms with Gasteiger partial charge in [-0.3, -0.25) is 29.9 Å². The normalized spacial score (nSPS) is 18.5. The zero-order valence-electron chi connectivity index (χ0n) is 22.2. The minimum atomic E-state index is -1.36. The molecule has 0 saturated carbocycles. The van der Waals surface area contributed by atoms with Crippen molar-refractivity contribution >= 4 is 23.7 Å². The number of carbonyl (C=O) groups is 3. The number of hydrogen-bond acceptors (Lipinski definition) is 6. The van der Waals surface area contributed by atoms with Gasteiger partial charge in [0.2, 0.25) is 11.8 Å². The van der Waals surface area contributed by atoms with Crippen LogP contribution in [0.5, 0.6) is 0 Å². The van der Waals surface area contributed by atoms with Crippen molar-refractivity contribution in [2.24, 2.45) is 29.0 Å². The van der Waals surface area contributed by atoms with Gasteiger partial charge in [0.05, 0.1) is 12.0 Å². The smallest absolute Gasteiger partial charge is 0.248 e. The minimum Gasteiger partial charge on any atom is -0.297 e. The number of benzene rings is 1. The number of Topliss-reactive ketones (excluding diaryl/α,β-unsaturated/α-hetero) is 1. The van der Waals surface area contributed by atoms with Gasteiger partial charge in [0.25, 0.3) is 0 Å². The predicted molar refractivity (Wildman–Crippen MR) is 141 cm³/mol. The van der Waals surface area contributed by atoms with E-state index in [0.717, 1.165) is 18.4 Å². The van der Waals surface area contributed by atoms with Crippen molar-refractivity contribution in [2.45, 2.75) is 72.3 Å². The molecule has 3 atom stereocenters. The van der Waals surface area contributed by atoms with Gasteiger partial charge in [-0.25, -0.2) is 11.3 Å². The van der Waals surface area contributed by atoms with Gasteiger partial charge >= 0.3 is 0 Å². The average molecular weight is 501 g/mol. The van der Waals surface area contributed by atoms with Crippen molar-refractivity contribution in [2.75, 3.05) is 13.1 Å². The molecule has 0 aliphatic carbocycles. The molecule has 8 nitrogen and oxygen atoms in total. The molecule has 36 heavy (non-hydrogen) atoms. The number of hydrazine groups is 1. The molecule has 200 valence electrons. The molecule has 1 aliphatic heterocycles. The van der Waals surface area contributed by atoms with Gasteiger partial charge in [0, 0.05) is 0 Å². The molecule has 2 rings (SSSR count). The Hall–Kier alpha value is -2.55. The third-order valence-electron chi connectivity index (χ3n) is 7.28. The first-order valence-electron chi connectivity index (χ1n) is 13.1. The van der Waals surface area contributed by atoms with Crippen molar-refractivity contribution < 1.29 is 19.6 Å². The van der Waals surface area contributed by atoms with Crippen LogP contribution in [-0.4, -0.2) is 46.8 Å². The second kappa shape index (κ2) is 14.3. The lowest BCUT2D eigenvalue weighted by atomic mass is 9.68. The van der Waals surface area contributed by atoms with E-state index in [2.05, 4.69) is 12.3 Å². The van der Waals surface area contributed by atoms with Gasteiger partial charge in [-0.05, 0) is 62.6 Å². The van der Waals surface area contributed by atoms with E-state index in [0.29, 0.717) is 38.3 Å². The maximum Gasteiger partial charge on any atom is 0.248 e. The average Bonchev–Trinajstić information content (AvgIpc) is 2.87. The number of hydrogen-bond donors (Lipinski definition) is 4. The number of piperidine rings is 1. The van der Waals surface area contributed by atoms with Crippen LogP contribution in [0.25, 0.3) is 6.08 Å². The summed E-state index contributed by atoms with van der Waals surface area (Å²) in [5.41, 5.74) is 3.65. The second-order valence-electron chi connectivity index (χ2n) is 10.6. The zero-order valence-corrected chi connectivity index (χ0v) is 22.2. The molecule has 2 amide bonds. The van der Waals surface area contributed by atoms with Crippen molar-refractivity contribution in [3.05, 3.63) is 42.0 Å². The van der Waals surface area contributed by atoms with Crippen LogP contribution in [0.2, 0.25) is 0 Å². The number of allylic oxidation sites excluding steroid dienone is 1. The predicted octanol–water partition coefficient (Wildman–Crippen LogP) is 3.70. The highest BCUT2D eigenvalue weighted by Crippen LogP contribution is 2.38. The van der Waals surface area contributed by atoms with Gasteiger partial charge in [0.15, 0.2) is 5.78 Å². The summed E-state index contributed by atoms with van der Waals surface area (Å²) in [6.45, 7) is 9.34. The van der Waals surface area contributed by atoms with Gasteiger partial charge in [0.1, 0.15) is 5.41 Å². The highest BCUT2D eigenvalue weighted by Gasteiger charge is 2.52. The Bertz CT molecular complexity index is 881. The van der Waals surface area contributed by atoms with Gasteiger partial charge in [-0.1, -0.05) is 76.6 Å². The number of rotatable bonds is 13. The Kier molecular flexibility index (Phi) is 11.8. The third kappa shape index (κ3) is 7.48. The van der Waals surface area contributed by atoms with Crippen LogP contribution >= 0.6 is 0 Å². The number of amides is 2. The first-order chi connectivity index (χ1) is 17.2. The van der Waals surface area contributed by atoms with E-state index in [1.807, 2.05) is 68.2 Å². The Morgan fingerprint density at radius 1 is 1.19 bits per heavy atom. The Morgan fingerprint density at radius 2 is 1.83 bits per heavy atom. The van der Waals surface area contributed by atoms with Crippen LogP contribution in [0.1, 0.15) is 71.8 Å². The summed E-state index contributed by atoms with van der Waals surface area (Å²) in [5, 5.41) is 9.65. The van der Waals surface area contributed by atoms with Crippen LogP contribution in [0.4, 0.5) is 0 Å². The Balaban J connectivity index is 2.56. The summed E-state index contributed by atoms with van der Waals surface area (Å²) in [6, 6.07) is 8.81. The third-order valence-corrected chi connectivity index (χ3v) is 7.28. The van der Waals surface area contributed by atoms with Crippen molar-refractivity contribution in [3.63, 3.8) is 0 Å². The monoisotopic (exact) mass is 500 g/mol. The molecule has 0 aromatic heterocycles. The van der Waals surface area contributed by atoms with Crippen LogP contribution in [0.15, 0.2) is 36.4 Å². The second-order valence-corrected chi connectivity index (χ2v) is 10.6. The molecule has 1 fully saturated rings. The number of likely N-dealkylation sites (tertiary alicyclic amines) is 1. The topological polar surface area (TPSA) is 125 Å². The molecule has 1 unspecified atom stereocenters. The Labute approximate surface area is 215 Å². The molecule has 1 aliphatic rings. The minimum absolute atomic E-state index is 0.0583. The highest BCUT2D eigenvalue weighted by molar-refractivity contribution is 6.09. The summed E-state index contributed by atoms with van der Waals surface area (Å²) in [7, 11) is 0. The van der Waals surface area contributed by atoms with E-state index in [1.54, 1.807) is 5.48 Å². The largest absolute Gasteiger partial charge is 0.297 e. The molecule has 0 radical (unpaired) electrons. The number of nitrogens with zero attached hydrogens (tertiary/aromatic N) is 1. The van der Waals surface area contributed by atoms with E-state index in [1.165, 1.54) is 0 Å². The molecular weight excluding hydrogens is 456 g/mol. The fourth-order valence-corrected chi connectivity index (χ4v) is 5.48. The maximum atomic E-state index is 14.5. The fourth-order valence-electron chi connectivity index (χ4n) is 5.48. The van der Waals surface area contributed by atoms with Crippen molar-refractivity contribution in [3.8, 4) is 0 Å². The molecule has 8 heteroatoms. The summed E-state index contributed by atoms with van der Waals surface area (Å²) in [4.78, 5) is 42.9. The number of carbonyl (C=O) groups excluding carboxylic acids is 3. The molecule has 1 aromatic rings. The zero-order chi connectivity index (χ0) is 26.7. The Morgan fingerprint density at radius 3 is 2.36 bits per heavy atom. The molecule has 1 heterocycles. The molecule has 1 saturated heterocycles. The SMILES string of the molecule is CCCC(CC(C)C)(C(=O)NN)C(=O)[C@@H]([C@H](C/C=C/c1ccccc1)C(=O)NO)N1CCC(C)CC1. The standard InChI is InChI=1S/C28H44N4O4/c1-5-16-28(19-20(2)3,27(35)30-29)25(33)24(32-17-14-21(4)15-18-32)23(26(34)31-36)13-9-12-22-10-7-6-8-11-22/h6-12,20-21,23-24,36H,5,13-19,29H2,1-4H3,(H,30,35)(H,31,34)/b12-9+/t23-,24+,28?/m0/s1. The number of ketones is 1. The van der Waals surface area contributed by atoms with Crippen LogP contribution in [0, 0.1) is 23.2 Å². The van der Waals surface area contributed by atoms with Crippen LogP contribution in [-0.2, 0) is 14.4 Å². The molecular formula is C28H44N4O4. The summed E-state index contributed by atoms with van der Waals surface area (Å²) < 4.78 is 0. The van der Waals surface area contributed by atoms with Gasteiger partial charge < -0.3 is 0 Å². The molecule has 5 N–H and O–H groups in total. The van der Waals surface area contributed by atoms with Crippen molar-refractivity contribution in [1.29, 1.82) is 0 Å². The van der Waals surface area contributed by atoms with Crippen molar-refractivity contribution in [1.82, 2.24) is 15.8 Å². The van der Waals surface area contributed by atoms with Crippen LogP contribution in [0.3, 0.4) is 0 Å². The molecule has 1 aromatic carbocycles. The van der Waals surface area contributed by atoms with Gasteiger partial charge in [-0.15, -0.1) is 0 Å². The van der Waals surface area contributed by atoms with E-state index >= 15 is 0 Å². The molecule has 0 bridgehead atoms. The summed E-state index contributed by atoms with van der Waals surface area (Å²) >= 11 is 0. The lowest BCUT2D eigenvalue weighted by molar-refractivity contribution is -0.153. The van der Waals surface area contributed by atoms with Gasteiger partial charge in [-0.2, -0.15) is 0 Å². The summed E-state index contributed by atoms with van der Waals surface area (Å²) in [5.74, 6) is 3.88. The quantitative estimate of drug-likeness (QED) is 0.108. The number of hydroxylamine groups is 1. The van der Waals surface area contributed by atoms with E-state index in [4.69, 9.17) is 5.84 Å². The maximum absolute atomic E-state index is 14.5. The van der Waals surface area contributed by atoms with Crippen LogP contribution < -0.4 is 16.7 Å². The molecule has 0 spiro atoms. The number of nitrogens with one attached hydrogen (secondary N) is 2. The first kappa shape index (κ1) is 29.7. The van der Waals surface area contributed by atoms with E-state index in [-0.39, 0.29) is 18.1 Å². The fraction of sp³-hybridized carbons (Fsp3) is 0.607.